The largest absolute Gasteiger partial charge is 0.419 e. The number of fused-ring (bicyclic) bond motifs is 1. The van der Waals surface area contributed by atoms with Crippen LogP contribution in [0, 0.1) is 5.92 Å². The van der Waals surface area contributed by atoms with Gasteiger partial charge in [-0.3, -0.25) is 9.36 Å². The summed E-state index contributed by atoms with van der Waals surface area (Å²) in [7, 11) is 3.32. The summed E-state index contributed by atoms with van der Waals surface area (Å²) in [6.45, 7) is 2.08. The number of rotatable bonds is 3. The van der Waals surface area contributed by atoms with E-state index in [9.17, 15) is 9.59 Å². The Morgan fingerprint density at radius 1 is 1.53 bits per heavy atom. The lowest BCUT2D eigenvalue weighted by atomic mass is 10.1. The van der Waals surface area contributed by atoms with Crippen LogP contribution in [0.4, 0.5) is 5.69 Å². The van der Waals surface area contributed by atoms with Crippen LogP contribution in [-0.4, -0.2) is 24.1 Å². The molecule has 0 radical (unpaired) electrons. The summed E-state index contributed by atoms with van der Waals surface area (Å²) in [5, 5.41) is 0. The van der Waals surface area contributed by atoms with E-state index in [1.807, 2.05) is 0 Å². The number of anilines is 1. The third-order valence-electron chi connectivity index (χ3n) is 3.27. The predicted molar refractivity (Wildman–Crippen MR) is 73.1 cm³/mol. The molecule has 0 aliphatic rings. The van der Waals surface area contributed by atoms with Gasteiger partial charge in [-0.25, -0.2) is 4.79 Å². The highest BCUT2D eigenvalue weighted by Crippen LogP contribution is 2.21. The fraction of sp³-hybridized carbons (Fsp3) is 0.385. The van der Waals surface area contributed by atoms with Gasteiger partial charge in [0.1, 0.15) is 0 Å². The number of amides is 1. The summed E-state index contributed by atoms with van der Waals surface area (Å²) >= 11 is 0. The topological polar surface area (TPSA) is 81.5 Å². The second kappa shape index (κ2) is 4.89. The molecule has 2 aromatic rings. The third kappa shape index (κ3) is 2.26. The SMILES string of the molecule is CC(CN)C(=O)N(C)c1ccc2oc(=O)n(C)c2c1. The number of oxazole rings is 1. The van der Waals surface area contributed by atoms with Crippen molar-refractivity contribution in [3.05, 3.63) is 28.7 Å². The van der Waals surface area contributed by atoms with E-state index in [-0.39, 0.29) is 11.8 Å². The van der Waals surface area contributed by atoms with Crippen LogP contribution in [0.3, 0.4) is 0 Å². The molecule has 0 spiro atoms. The molecule has 1 heterocycles. The lowest BCUT2D eigenvalue weighted by molar-refractivity contribution is -0.121. The molecule has 6 nitrogen and oxygen atoms in total. The van der Waals surface area contributed by atoms with Crippen LogP contribution in [0.15, 0.2) is 27.4 Å². The van der Waals surface area contributed by atoms with E-state index in [0.717, 1.165) is 0 Å². The predicted octanol–water partition coefficient (Wildman–Crippen LogP) is 0.689. The fourth-order valence-electron chi connectivity index (χ4n) is 1.88. The van der Waals surface area contributed by atoms with Crippen LogP contribution in [0.1, 0.15) is 6.92 Å². The van der Waals surface area contributed by atoms with Crippen LogP contribution in [0.2, 0.25) is 0 Å². The highest BCUT2D eigenvalue weighted by atomic mass is 16.4. The fourth-order valence-corrected chi connectivity index (χ4v) is 1.88. The maximum atomic E-state index is 12.1. The summed E-state index contributed by atoms with van der Waals surface area (Å²) in [6.07, 6.45) is 0. The van der Waals surface area contributed by atoms with Gasteiger partial charge >= 0.3 is 5.76 Å². The molecule has 1 atom stereocenters. The van der Waals surface area contributed by atoms with Gasteiger partial charge in [-0.05, 0) is 18.2 Å². The number of hydrogen-bond acceptors (Lipinski definition) is 4. The summed E-state index contributed by atoms with van der Waals surface area (Å²) in [5.41, 5.74) is 7.36. The van der Waals surface area contributed by atoms with Crippen molar-refractivity contribution in [2.45, 2.75) is 6.92 Å². The van der Waals surface area contributed by atoms with Crippen LogP contribution in [-0.2, 0) is 11.8 Å². The van der Waals surface area contributed by atoms with Gasteiger partial charge in [0.15, 0.2) is 5.58 Å². The molecule has 2 N–H and O–H groups in total. The molecule has 0 aliphatic carbocycles. The highest BCUT2D eigenvalue weighted by Gasteiger charge is 2.18. The molecule has 102 valence electrons. The summed E-state index contributed by atoms with van der Waals surface area (Å²) in [4.78, 5) is 25.0. The summed E-state index contributed by atoms with van der Waals surface area (Å²) in [5.74, 6) is -0.722. The number of benzene rings is 1. The molecule has 0 saturated carbocycles. The minimum atomic E-state index is -0.420. The first kappa shape index (κ1) is 13.4. The van der Waals surface area contributed by atoms with Gasteiger partial charge in [-0.1, -0.05) is 6.92 Å². The number of aryl methyl sites for hydroxylation is 1. The molecule has 0 bridgehead atoms. The standard InChI is InChI=1S/C13H17N3O3/c1-8(7-14)12(17)15(2)9-4-5-11-10(6-9)16(3)13(18)19-11/h4-6,8H,7,14H2,1-3H3. The molecule has 0 fully saturated rings. The molecule has 2 rings (SSSR count). The minimum Gasteiger partial charge on any atom is -0.408 e. The Hall–Kier alpha value is -2.08. The molecule has 1 aromatic carbocycles. The van der Waals surface area contributed by atoms with E-state index in [1.165, 1.54) is 9.47 Å². The van der Waals surface area contributed by atoms with Crippen molar-refractivity contribution in [2.75, 3.05) is 18.5 Å². The smallest absolute Gasteiger partial charge is 0.408 e. The van der Waals surface area contributed by atoms with Crippen molar-refractivity contribution in [1.29, 1.82) is 0 Å². The van der Waals surface area contributed by atoms with E-state index >= 15 is 0 Å². The van der Waals surface area contributed by atoms with Crippen molar-refractivity contribution in [3.63, 3.8) is 0 Å². The van der Waals surface area contributed by atoms with Gasteiger partial charge in [0.2, 0.25) is 5.91 Å². The van der Waals surface area contributed by atoms with Crippen LogP contribution in [0.5, 0.6) is 0 Å². The summed E-state index contributed by atoms with van der Waals surface area (Å²) in [6, 6.07) is 5.18. The Bertz CT molecular complexity index is 671. The van der Waals surface area contributed by atoms with Gasteiger partial charge in [0, 0.05) is 32.2 Å². The number of carbonyl (C=O) groups is 1. The van der Waals surface area contributed by atoms with Crippen molar-refractivity contribution >= 4 is 22.7 Å². The van der Waals surface area contributed by atoms with Crippen molar-refractivity contribution in [2.24, 2.45) is 18.7 Å². The highest BCUT2D eigenvalue weighted by molar-refractivity contribution is 5.96. The van der Waals surface area contributed by atoms with Gasteiger partial charge in [-0.2, -0.15) is 0 Å². The number of hydrogen-bond donors (Lipinski definition) is 1. The Kier molecular flexibility index (Phi) is 3.44. The molecule has 6 heteroatoms. The van der Waals surface area contributed by atoms with Crippen LogP contribution < -0.4 is 16.4 Å². The monoisotopic (exact) mass is 263 g/mol. The number of nitrogens with zero attached hydrogens (tertiary/aromatic N) is 2. The molecule has 0 aliphatic heterocycles. The maximum Gasteiger partial charge on any atom is 0.419 e. The Balaban J connectivity index is 2.43. The molecular weight excluding hydrogens is 246 g/mol. The molecule has 1 aromatic heterocycles. The maximum absolute atomic E-state index is 12.1. The zero-order valence-electron chi connectivity index (χ0n) is 11.2. The quantitative estimate of drug-likeness (QED) is 0.883. The van der Waals surface area contributed by atoms with Gasteiger partial charge in [0.25, 0.3) is 0 Å². The molecule has 0 saturated heterocycles. The Labute approximate surface area is 110 Å². The van der Waals surface area contributed by atoms with Crippen molar-refractivity contribution < 1.29 is 9.21 Å². The summed E-state index contributed by atoms with van der Waals surface area (Å²) < 4.78 is 6.45. The normalized spacial score (nSPS) is 12.6. The van der Waals surface area contributed by atoms with Gasteiger partial charge in [-0.15, -0.1) is 0 Å². The molecule has 1 amide bonds. The van der Waals surface area contributed by atoms with Crippen molar-refractivity contribution in [1.82, 2.24) is 4.57 Å². The second-order valence-electron chi connectivity index (χ2n) is 4.61. The van der Waals surface area contributed by atoms with E-state index in [2.05, 4.69) is 0 Å². The molecule has 19 heavy (non-hydrogen) atoms. The first-order valence-electron chi connectivity index (χ1n) is 6.03. The zero-order chi connectivity index (χ0) is 14.2. The lowest BCUT2D eigenvalue weighted by Gasteiger charge is -2.20. The molecule has 1 unspecified atom stereocenters. The third-order valence-corrected chi connectivity index (χ3v) is 3.27. The van der Waals surface area contributed by atoms with E-state index in [0.29, 0.717) is 23.3 Å². The van der Waals surface area contributed by atoms with Crippen molar-refractivity contribution in [3.8, 4) is 0 Å². The van der Waals surface area contributed by atoms with Gasteiger partial charge < -0.3 is 15.1 Å². The average Bonchev–Trinajstić information content (AvgIpc) is 2.71. The van der Waals surface area contributed by atoms with E-state index in [4.69, 9.17) is 10.2 Å². The van der Waals surface area contributed by atoms with Gasteiger partial charge in [0.05, 0.1) is 5.52 Å². The van der Waals surface area contributed by atoms with E-state index < -0.39 is 5.76 Å². The average molecular weight is 263 g/mol. The first-order chi connectivity index (χ1) is 8.95. The number of carbonyl (C=O) groups excluding carboxylic acids is 1. The minimum absolute atomic E-state index is 0.0599. The zero-order valence-corrected chi connectivity index (χ0v) is 11.2. The van der Waals surface area contributed by atoms with Crippen LogP contribution in [0.25, 0.3) is 11.1 Å². The first-order valence-corrected chi connectivity index (χ1v) is 6.03. The van der Waals surface area contributed by atoms with E-state index in [1.54, 1.807) is 39.2 Å². The second-order valence-corrected chi connectivity index (χ2v) is 4.61. The number of aromatic nitrogens is 1. The lowest BCUT2D eigenvalue weighted by Crippen LogP contribution is -2.35. The Morgan fingerprint density at radius 2 is 2.21 bits per heavy atom. The Morgan fingerprint density at radius 3 is 2.84 bits per heavy atom. The number of nitrogens with two attached hydrogens (primary N) is 1. The van der Waals surface area contributed by atoms with Crippen LogP contribution >= 0.6 is 0 Å². The molecular formula is C13H17N3O3.